The Morgan fingerprint density at radius 3 is 2.76 bits per heavy atom. The third-order valence-electron chi connectivity index (χ3n) is 4.45. The van der Waals surface area contributed by atoms with Crippen molar-refractivity contribution in [2.75, 3.05) is 12.3 Å². The van der Waals surface area contributed by atoms with Crippen molar-refractivity contribution in [1.82, 2.24) is 19.9 Å². The Morgan fingerprint density at radius 2 is 2.00 bits per heavy atom. The maximum absolute atomic E-state index is 12.4. The van der Waals surface area contributed by atoms with Crippen LogP contribution in [0.4, 0.5) is 5.69 Å². The predicted octanol–water partition coefficient (Wildman–Crippen LogP) is 1.97. The van der Waals surface area contributed by atoms with Crippen molar-refractivity contribution >= 4 is 5.69 Å². The van der Waals surface area contributed by atoms with E-state index in [1.54, 1.807) is 6.20 Å². The van der Waals surface area contributed by atoms with E-state index in [0.29, 0.717) is 24.5 Å². The number of nitrogen functional groups attached to an aromatic ring is 1. The molecule has 1 aliphatic rings. The van der Waals surface area contributed by atoms with Crippen LogP contribution in [0, 0.1) is 0 Å². The SMILES string of the molecule is Nc1ccc(-c2nc3c(c(=O)[nH]2)CCN(Cc2ccccn2)C3)cc1. The van der Waals surface area contributed by atoms with E-state index >= 15 is 0 Å². The Kier molecular flexibility index (Phi) is 4.03. The summed E-state index contributed by atoms with van der Waals surface area (Å²) in [6, 6.07) is 13.3. The summed E-state index contributed by atoms with van der Waals surface area (Å²) in [7, 11) is 0. The summed E-state index contributed by atoms with van der Waals surface area (Å²) < 4.78 is 0. The highest BCUT2D eigenvalue weighted by Gasteiger charge is 2.21. The number of rotatable bonds is 3. The molecule has 3 N–H and O–H groups in total. The fraction of sp³-hybridized carbons (Fsp3) is 0.211. The fourth-order valence-corrected chi connectivity index (χ4v) is 3.13. The smallest absolute Gasteiger partial charge is 0.254 e. The number of H-pyrrole nitrogens is 1. The van der Waals surface area contributed by atoms with E-state index in [-0.39, 0.29) is 5.56 Å². The molecule has 0 saturated carbocycles. The van der Waals surface area contributed by atoms with Gasteiger partial charge in [0, 0.05) is 42.6 Å². The second-order valence-electron chi connectivity index (χ2n) is 6.24. The minimum absolute atomic E-state index is 0.0469. The molecule has 0 saturated heterocycles. The van der Waals surface area contributed by atoms with Gasteiger partial charge >= 0.3 is 0 Å². The minimum atomic E-state index is -0.0469. The van der Waals surface area contributed by atoms with Crippen LogP contribution in [0.2, 0.25) is 0 Å². The molecule has 0 unspecified atom stereocenters. The second-order valence-corrected chi connectivity index (χ2v) is 6.24. The molecule has 1 aliphatic heterocycles. The van der Waals surface area contributed by atoms with E-state index in [2.05, 4.69) is 14.9 Å². The largest absolute Gasteiger partial charge is 0.399 e. The summed E-state index contributed by atoms with van der Waals surface area (Å²) in [4.78, 5) is 26.7. The van der Waals surface area contributed by atoms with Gasteiger partial charge in [0.2, 0.25) is 0 Å². The standard InChI is InChI=1S/C19H19N5O/c20-14-6-4-13(5-7-14)18-22-17-12-24(10-8-16(17)19(25)23-18)11-15-3-1-2-9-21-15/h1-7,9H,8,10-12,20H2,(H,22,23,25). The molecular weight excluding hydrogens is 314 g/mol. The summed E-state index contributed by atoms with van der Waals surface area (Å²) >= 11 is 0. The Labute approximate surface area is 145 Å². The zero-order valence-electron chi connectivity index (χ0n) is 13.8. The van der Waals surface area contributed by atoms with Gasteiger partial charge in [-0.05, 0) is 42.8 Å². The van der Waals surface area contributed by atoms with Crippen LogP contribution in [0.25, 0.3) is 11.4 Å². The van der Waals surface area contributed by atoms with E-state index in [0.717, 1.165) is 35.6 Å². The van der Waals surface area contributed by atoms with Crippen LogP contribution in [0.5, 0.6) is 0 Å². The molecule has 0 aliphatic carbocycles. The quantitative estimate of drug-likeness (QED) is 0.716. The number of fused-ring (bicyclic) bond motifs is 1. The van der Waals surface area contributed by atoms with Crippen molar-refractivity contribution < 1.29 is 0 Å². The van der Waals surface area contributed by atoms with E-state index in [9.17, 15) is 4.79 Å². The topological polar surface area (TPSA) is 87.9 Å². The first-order valence-corrected chi connectivity index (χ1v) is 8.29. The van der Waals surface area contributed by atoms with E-state index in [1.807, 2.05) is 42.5 Å². The number of nitrogens with one attached hydrogen (secondary N) is 1. The molecule has 0 fully saturated rings. The zero-order chi connectivity index (χ0) is 17.2. The van der Waals surface area contributed by atoms with Crippen molar-refractivity contribution in [2.45, 2.75) is 19.5 Å². The third kappa shape index (κ3) is 3.29. The number of aromatic nitrogens is 3. The predicted molar refractivity (Wildman–Crippen MR) is 96.8 cm³/mol. The average Bonchev–Trinajstić information content (AvgIpc) is 2.63. The van der Waals surface area contributed by atoms with Crippen LogP contribution >= 0.6 is 0 Å². The Hall–Kier alpha value is -2.99. The molecule has 6 nitrogen and oxygen atoms in total. The number of nitrogens with two attached hydrogens (primary N) is 1. The number of aromatic amines is 1. The lowest BCUT2D eigenvalue weighted by molar-refractivity contribution is 0.238. The average molecular weight is 333 g/mol. The first-order valence-electron chi connectivity index (χ1n) is 8.29. The monoisotopic (exact) mass is 333 g/mol. The van der Waals surface area contributed by atoms with E-state index in [4.69, 9.17) is 10.7 Å². The summed E-state index contributed by atoms with van der Waals surface area (Å²) in [5.74, 6) is 0.587. The first-order chi connectivity index (χ1) is 12.2. The number of nitrogens with zero attached hydrogens (tertiary/aromatic N) is 3. The highest BCUT2D eigenvalue weighted by atomic mass is 16.1. The second kappa shape index (κ2) is 6.49. The molecule has 3 aromatic rings. The van der Waals surface area contributed by atoms with Gasteiger partial charge < -0.3 is 10.7 Å². The minimum Gasteiger partial charge on any atom is -0.399 e. The number of hydrogen-bond donors (Lipinski definition) is 2. The van der Waals surface area contributed by atoms with Crippen molar-refractivity contribution in [2.24, 2.45) is 0 Å². The van der Waals surface area contributed by atoms with Gasteiger partial charge in [0.05, 0.1) is 11.4 Å². The molecule has 0 atom stereocenters. The van der Waals surface area contributed by atoms with E-state index < -0.39 is 0 Å². The summed E-state index contributed by atoms with van der Waals surface area (Å²) in [5.41, 5.74) is 9.88. The molecule has 0 bridgehead atoms. The van der Waals surface area contributed by atoms with Crippen LogP contribution in [0.15, 0.2) is 53.5 Å². The fourth-order valence-electron chi connectivity index (χ4n) is 3.13. The number of pyridine rings is 1. The molecule has 126 valence electrons. The lowest BCUT2D eigenvalue weighted by Gasteiger charge is -2.27. The molecule has 0 spiro atoms. The maximum atomic E-state index is 12.4. The molecule has 25 heavy (non-hydrogen) atoms. The van der Waals surface area contributed by atoms with Crippen molar-refractivity contribution in [3.63, 3.8) is 0 Å². The highest BCUT2D eigenvalue weighted by molar-refractivity contribution is 5.58. The summed E-state index contributed by atoms with van der Waals surface area (Å²) in [5, 5.41) is 0. The van der Waals surface area contributed by atoms with Gasteiger partial charge in [-0.1, -0.05) is 6.07 Å². The van der Waals surface area contributed by atoms with Crippen LogP contribution in [-0.2, 0) is 19.5 Å². The third-order valence-corrected chi connectivity index (χ3v) is 4.45. The Balaban J connectivity index is 1.62. The Bertz CT molecular complexity index is 934. The lowest BCUT2D eigenvalue weighted by Crippen LogP contribution is -2.35. The van der Waals surface area contributed by atoms with Crippen molar-refractivity contribution in [3.05, 3.63) is 76.0 Å². The first kappa shape index (κ1) is 15.5. The molecule has 2 aromatic heterocycles. The molecule has 0 radical (unpaired) electrons. The highest BCUT2D eigenvalue weighted by Crippen LogP contribution is 2.20. The number of benzene rings is 1. The van der Waals surface area contributed by atoms with Gasteiger partial charge in [-0.25, -0.2) is 4.98 Å². The lowest BCUT2D eigenvalue weighted by atomic mass is 10.1. The van der Waals surface area contributed by atoms with Gasteiger partial charge in [0.1, 0.15) is 5.82 Å². The van der Waals surface area contributed by atoms with Gasteiger partial charge in [0.15, 0.2) is 0 Å². The summed E-state index contributed by atoms with van der Waals surface area (Å²) in [6.07, 6.45) is 2.50. The number of anilines is 1. The van der Waals surface area contributed by atoms with Gasteiger partial charge in [-0.2, -0.15) is 0 Å². The molecular formula is C19H19N5O. The number of hydrogen-bond acceptors (Lipinski definition) is 5. The summed E-state index contributed by atoms with van der Waals surface area (Å²) in [6.45, 7) is 2.24. The molecule has 1 aromatic carbocycles. The van der Waals surface area contributed by atoms with Gasteiger partial charge in [-0.15, -0.1) is 0 Å². The van der Waals surface area contributed by atoms with Crippen molar-refractivity contribution in [1.29, 1.82) is 0 Å². The van der Waals surface area contributed by atoms with Crippen LogP contribution in [-0.4, -0.2) is 26.4 Å². The van der Waals surface area contributed by atoms with Crippen molar-refractivity contribution in [3.8, 4) is 11.4 Å². The van der Waals surface area contributed by atoms with Gasteiger partial charge in [0.25, 0.3) is 5.56 Å². The van der Waals surface area contributed by atoms with Crippen LogP contribution in [0.1, 0.15) is 17.0 Å². The van der Waals surface area contributed by atoms with E-state index in [1.165, 1.54) is 0 Å². The molecule has 6 heteroatoms. The molecule has 4 rings (SSSR count). The van der Waals surface area contributed by atoms with Gasteiger partial charge in [-0.3, -0.25) is 14.7 Å². The zero-order valence-corrected chi connectivity index (χ0v) is 13.8. The van der Waals surface area contributed by atoms with Crippen LogP contribution in [0.3, 0.4) is 0 Å². The Morgan fingerprint density at radius 1 is 1.16 bits per heavy atom. The normalized spacial score (nSPS) is 14.2. The molecule has 0 amide bonds. The molecule has 3 heterocycles. The maximum Gasteiger partial charge on any atom is 0.254 e. The van der Waals surface area contributed by atoms with Crippen LogP contribution < -0.4 is 11.3 Å².